The SMILES string of the molecule is CCCc1nc(-c2ccc(F)c(C#N)c2)c(N)n1C(C)C. The van der Waals surface area contributed by atoms with Crippen LogP contribution in [-0.4, -0.2) is 9.55 Å². The number of imidazole rings is 1. The molecule has 1 heterocycles. The standard InChI is InChI=1S/C16H19FN4/c1-4-5-14-20-15(16(19)21(14)10(2)3)11-6-7-13(17)12(8-11)9-18/h6-8,10H,4-5,19H2,1-3H3. The highest BCUT2D eigenvalue weighted by Crippen LogP contribution is 2.30. The monoisotopic (exact) mass is 286 g/mol. The van der Waals surface area contributed by atoms with Gasteiger partial charge in [0, 0.05) is 18.0 Å². The second-order valence-corrected chi connectivity index (χ2v) is 5.28. The first-order valence-electron chi connectivity index (χ1n) is 7.06. The number of nitrogen functional groups attached to an aromatic ring is 1. The van der Waals surface area contributed by atoms with Gasteiger partial charge in [0.25, 0.3) is 0 Å². The van der Waals surface area contributed by atoms with Crippen molar-refractivity contribution < 1.29 is 4.39 Å². The lowest BCUT2D eigenvalue weighted by atomic mass is 10.1. The van der Waals surface area contributed by atoms with Crippen LogP contribution in [0.3, 0.4) is 0 Å². The van der Waals surface area contributed by atoms with Gasteiger partial charge in [0.2, 0.25) is 0 Å². The molecule has 1 aromatic carbocycles. The van der Waals surface area contributed by atoms with Gasteiger partial charge in [0.05, 0.1) is 5.56 Å². The van der Waals surface area contributed by atoms with Gasteiger partial charge in [-0.3, -0.25) is 0 Å². The third-order valence-electron chi connectivity index (χ3n) is 3.37. The van der Waals surface area contributed by atoms with Gasteiger partial charge >= 0.3 is 0 Å². The Morgan fingerprint density at radius 2 is 2.14 bits per heavy atom. The minimum Gasteiger partial charge on any atom is -0.383 e. The van der Waals surface area contributed by atoms with Crippen LogP contribution in [0.25, 0.3) is 11.3 Å². The molecule has 0 fully saturated rings. The molecule has 110 valence electrons. The molecule has 0 atom stereocenters. The predicted octanol–water partition coefficient (Wildman–Crippen LogP) is 3.68. The molecule has 0 aliphatic heterocycles. The predicted molar refractivity (Wildman–Crippen MR) is 81.1 cm³/mol. The van der Waals surface area contributed by atoms with E-state index in [2.05, 4.69) is 11.9 Å². The van der Waals surface area contributed by atoms with E-state index in [-0.39, 0.29) is 11.6 Å². The number of hydrogen-bond donors (Lipinski definition) is 1. The Morgan fingerprint density at radius 1 is 1.43 bits per heavy atom. The molecule has 0 saturated heterocycles. The summed E-state index contributed by atoms with van der Waals surface area (Å²) in [7, 11) is 0. The summed E-state index contributed by atoms with van der Waals surface area (Å²) in [5.41, 5.74) is 7.51. The summed E-state index contributed by atoms with van der Waals surface area (Å²) in [6.07, 6.45) is 1.80. The molecule has 0 unspecified atom stereocenters. The van der Waals surface area contributed by atoms with Crippen LogP contribution in [0.1, 0.15) is 44.6 Å². The maximum atomic E-state index is 13.4. The lowest BCUT2D eigenvalue weighted by molar-refractivity contribution is 0.571. The average molecular weight is 286 g/mol. The Kier molecular flexibility index (Phi) is 4.27. The Labute approximate surface area is 124 Å². The van der Waals surface area contributed by atoms with Crippen molar-refractivity contribution in [2.45, 2.75) is 39.7 Å². The number of hydrogen-bond acceptors (Lipinski definition) is 3. The normalized spacial score (nSPS) is 10.9. The highest BCUT2D eigenvalue weighted by atomic mass is 19.1. The van der Waals surface area contributed by atoms with Crippen LogP contribution in [0, 0.1) is 17.1 Å². The van der Waals surface area contributed by atoms with Crippen molar-refractivity contribution in [1.29, 1.82) is 5.26 Å². The zero-order valence-corrected chi connectivity index (χ0v) is 12.5. The summed E-state index contributed by atoms with van der Waals surface area (Å²) in [6.45, 7) is 6.18. The number of nitriles is 1. The van der Waals surface area contributed by atoms with Crippen LogP contribution in [0.2, 0.25) is 0 Å². The molecule has 2 N–H and O–H groups in total. The third-order valence-corrected chi connectivity index (χ3v) is 3.37. The van der Waals surface area contributed by atoms with Crippen LogP contribution in [0.15, 0.2) is 18.2 Å². The number of halogens is 1. The molecule has 0 spiro atoms. The van der Waals surface area contributed by atoms with Crippen molar-refractivity contribution in [2.75, 3.05) is 5.73 Å². The fourth-order valence-electron chi connectivity index (χ4n) is 2.44. The Balaban J connectivity index is 2.59. The molecule has 0 aliphatic rings. The average Bonchev–Trinajstić information content (AvgIpc) is 2.77. The van der Waals surface area contributed by atoms with Gasteiger partial charge in [0.15, 0.2) is 0 Å². The van der Waals surface area contributed by atoms with Crippen LogP contribution in [-0.2, 0) is 6.42 Å². The van der Waals surface area contributed by atoms with E-state index in [4.69, 9.17) is 11.0 Å². The first kappa shape index (κ1) is 15.0. The fraction of sp³-hybridized carbons (Fsp3) is 0.375. The lowest BCUT2D eigenvalue weighted by Gasteiger charge is -2.13. The van der Waals surface area contributed by atoms with Crippen molar-refractivity contribution in [2.24, 2.45) is 0 Å². The Morgan fingerprint density at radius 3 is 2.71 bits per heavy atom. The van der Waals surface area contributed by atoms with E-state index in [1.165, 1.54) is 12.1 Å². The van der Waals surface area contributed by atoms with E-state index < -0.39 is 5.82 Å². The van der Waals surface area contributed by atoms with Gasteiger partial charge in [-0.15, -0.1) is 0 Å². The van der Waals surface area contributed by atoms with Gasteiger partial charge in [-0.2, -0.15) is 5.26 Å². The molecule has 0 aliphatic carbocycles. The summed E-state index contributed by atoms with van der Waals surface area (Å²) in [6, 6.07) is 6.42. The molecular formula is C16H19FN4. The largest absolute Gasteiger partial charge is 0.383 e. The van der Waals surface area contributed by atoms with Gasteiger partial charge in [-0.1, -0.05) is 6.92 Å². The van der Waals surface area contributed by atoms with E-state index in [0.29, 0.717) is 17.1 Å². The fourth-order valence-corrected chi connectivity index (χ4v) is 2.44. The number of anilines is 1. The third kappa shape index (κ3) is 2.75. The molecule has 2 rings (SSSR count). The zero-order valence-electron chi connectivity index (χ0n) is 12.5. The van der Waals surface area contributed by atoms with Crippen LogP contribution in [0.5, 0.6) is 0 Å². The van der Waals surface area contributed by atoms with Crippen molar-refractivity contribution in [3.63, 3.8) is 0 Å². The van der Waals surface area contributed by atoms with E-state index >= 15 is 0 Å². The van der Waals surface area contributed by atoms with E-state index in [1.807, 2.05) is 24.5 Å². The van der Waals surface area contributed by atoms with Crippen molar-refractivity contribution in [1.82, 2.24) is 9.55 Å². The smallest absolute Gasteiger partial charge is 0.140 e. The molecule has 0 radical (unpaired) electrons. The van der Waals surface area contributed by atoms with Crippen LogP contribution < -0.4 is 5.73 Å². The highest BCUT2D eigenvalue weighted by molar-refractivity contribution is 5.72. The minimum atomic E-state index is -0.531. The maximum absolute atomic E-state index is 13.4. The topological polar surface area (TPSA) is 67.6 Å². The van der Waals surface area contributed by atoms with Crippen molar-refractivity contribution in [3.05, 3.63) is 35.4 Å². The number of nitrogens with two attached hydrogens (primary N) is 1. The number of benzene rings is 1. The molecule has 0 amide bonds. The van der Waals surface area contributed by atoms with E-state index in [9.17, 15) is 4.39 Å². The summed E-state index contributed by atoms with van der Waals surface area (Å²) in [4.78, 5) is 4.60. The van der Waals surface area contributed by atoms with Crippen LogP contribution in [0.4, 0.5) is 10.2 Å². The number of aromatic nitrogens is 2. The van der Waals surface area contributed by atoms with Gasteiger partial charge in [-0.05, 0) is 38.5 Å². The second kappa shape index (κ2) is 5.96. The molecule has 0 saturated carbocycles. The number of aryl methyl sites for hydroxylation is 1. The molecule has 0 bridgehead atoms. The van der Waals surface area contributed by atoms with Crippen molar-refractivity contribution in [3.8, 4) is 17.3 Å². The number of nitrogens with zero attached hydrogens (tertiary/aromatic N) is 3. The first-order valence-corrected chi connectivity index (χ1v) is 7.06. The highest BCUT2D eigenvalue weighted by Gasteiger charge is 2.18. The maximum Gasteiger partial charge on any atom is 0.140 e. The Hall–Kier alpha value is -2.35. The van der Waals surface area contributed by atoms with Gasteiger partial charge in [-0.25, -0.2) is 9.37 Å². The van der Waals surface area contributed by atoms with E-state index in [0.717, 1.165) is 18.7 Å². The first-order chi connectivity index (χ1) is 9.99. The molecule has 21 heavy (non-hydrogen) atoms. The molecular weight excluding hydrogens is 267 g/mol. The summed E-state index contributed by atoms with van der Waals surface area (Å²) < 4.78 is 15.4. The van der Waals surface area contributed by atoms with Crippen molar-refractivity contribution >= 4 is 5.82 Å². The lowest BCUT2D eigenvalue weighted by Crippen LogP contribution is -2.09. The summed E-state index contributed by atoms with van der Waals surface area (Å²) in [5, 5.41) is 8.94. The number of rotatable bonds is 4. The summed E-state index contributed by atoms with van der Waals surface area (Å²) in [5.74, 6) is 0.948. The second-order valence-electron chi connectivity index (χ2n) is 5.28. The molecule has 4 nitrogen and oxygen atoms in total. The van der Waals surface area contributed by atoms with Gasteiger partial charge < -0.3 is 10.3 Å². The van der Waals surface area contributed by atoms with Crippen LogP contribution >= 0.6 is 0 Å². The Bertz CT molecular complexity index is 695. The summed E-state index contributed by atoms with van der Waals surface area (Å²) >= 11 is 0. The van der Waals surface area contributed by atoms with Gasteiger partial charge in [0.1, 0.15) is 29.2 Å². The molecule has 1 aromatic heterocycles. The minimum absolute atomic E-state index is 0.00281. The zero-order chi connectivity index (χ0) is 15.6. The molecule has 5 heteroatoms. The van der Waals surface area contributed by atoms with E-state index in [1.54, 1.807) is 6.07 Å². The molecule has 2 aromatic rings. The quantitative estimate of drug-likeness (QED) is 0.932.